The molecule has 136 valence electrons. The van der Waals surface area contributed by atoms with Gasteiger partial charge in [-0.1, -0.05) is 37.6 Å². The van der Waals surface area contributed by atoms with Crippen LogP contribution in [-0.4, -0.2) is 35.8 Å². The van der Waals surface area contributed by atoms with Crippen molar-refractivity contribution in [2.24, 2.45) is 11.1 Å². The number of carbonyl (C=O) groups excluding carboxylic acids is 1. The zero-order chi connectivity index (χ0) is 17.3. The molecule has 1 amide bonds. The summed E-state index contributed by atoms with van der Waals surface area (Å²) in [6.07, 6.45) is -0.341. The number of amides is 1. The van der Waals surface area contributed by atoms with Crippen molar-refractivity contribution >= 4 is 29.9 Å². The zero-order valence-electron chi connectivity index (χ0n) is 14.2. The second kappa shape index (κ2) is 8.02. The normalized spacial score (nSPS) is 26.0. The average molecular weight is 377 g/mol. The maximum Gasteiger partial charge on any atom is 0.240 e. The van der Waals surface area contributed by atoms with E-state index in [-0.39, 0.29) is 31.0 Å². The van der Waals surface area contributed by atoms with Crippen LogP contribution in [0.2, 0.25) is 5.02 Å². The molecule has 1 aliphatic rings. The highest BCUT2D eigenvalue weighted by atomic mass is 35.5. The lowest BCUT2D eigenvalue weighted by molar-refractivity contribution is -0.170. The molecular formula is C17H26Cl2N2O3. The molecule has 0 bridgehead atoms. The predicted octanol–water partition coefficient (Wildman–Crippen LogP) is 2.44. The minimum Gasteiger partial charge on any atom is -0.387 e. The van der Waals surface area contributed by atoms with Gasteiger partial charge in [-0.05, 0) is 24.6 Å². The lowest BCUT2D eigenvalue weighted by Gasteiger charge is -2.57. The third kappa shape index (κ3) is 3.86. The summed E-state index contributed by atoms with van der Waals surface area (Å²) in [5, 5.41) is 13.5. The van der Waals surface area contributed by atoms with E-state index in [9.17, 15) is 9.90 Å². The maximum absolute atomic E-state index is 12.5. The topological polar surface area (TPSA) is 84.6 Å². The van der Waals surface area contributed by atoms with Gasteiger partial charge in [-0.2, -0.15) is 0 Å². The van der Waals surface area contributed by atoms with Crippen LogP contribution < -0.4 is 11.1 Å². The molecule has 1 aromatic carbocycles. The Hall–Kier alpha value is -0.850. The number of ether oxygens (including phenoxy) is 1. The highest BCUT2D eigenvalue weighted by molar-refractivity contribution is 6.30. The molecule has 7 heteroatoms. The number of aliphatic hydroxyl groups excluding tert-OH is 1. The Morgan fingerprint density at radius 2 is 2.04 bits per heavy atom. The van der Waals surface area contributed by atoms with Gasteiger partial charge in [-0.25, -0.2) is 0 Å². The molecule has 3 atom stereocenters. The summed E-state index contributed by atoms with van der Waals surface area (Å²) < 4.78 is 5.62. The SMILES string of the molecule is CCOC1CC(N)(C(=O)NCC(O)c2ccc(Cl)cc2)C1(C)C.Cl. The molecule has 1 aromatic rings. The smallest absolute Gasteiger partial charge is 0.240 e. The molecular weight excluding hydrogens is 351 g/mol. The van der Waals surface area contributed by atoms with E-state index in [1.54, 1.807) is 24.3 Å². The first-order valence-corrected chi connectivity index (χ1v) is 8.22. The number of nitrogens with two attached hydrogens (primary N) is 1. The molecule has 24 heavy (non-hydrogen) atoms. The molecule has 2 rings (SSSR count). The van der Waals surface area contributed by atoms with Crippen molar-refractivity contribution in [1.29, 1.82) is 0 Å². The number of aliphatic hydroxyl groups is 1. The van der Waals surface area contributed by atoms with Crippen molar-refractivity contribution in [2.45, 2.75) is 44.9 Å². The zero-order valence-corrected chi connectivity index (χ0v) is 15.8. The summed E-state index contributed by atoms with van der Waals surface area (Å²) in [7, 11) is 0. The van der Waals surface area contributed by atoms with E-state index < -0.39 is 17.1 Å². The van der Waals surface area contributed by atoms with Crippen molar-refractivity contribution < 1.29 is 14.6 Å². The number of hydrogen-bond acceptors (Lipinski definition) is 4. The molecule has 0 aromatic heterocycles. The Balaban J connectivity index is 0.00000288. The third-order valence-corrected chi connectivity index (χ3v) is 5.20. The largest absolute Gasteiger partial charge is 0.387 e. The van der Waals surface area contributed by atoms with Crippen LogP contribution in [0.5, 0.6) is 0 Å². The Morgan fingerprint density at radius 3 is 2.54 bits per heavy atom. The second-order valence-electron chi connectivity index (χ2n) is 6.62. The molecule has 1 aliphatic carbocycles. The number of halogens is 2. The predicted molar refractivity (Wildman–Crippen MR) is 97.4 cm³/mol. The minimum absolute atomic E-state index is 0. The molecule has 0 aliphatic heterocycles. The monoisotopic (exact) mass is 376 g/mol. The standard InChI is InChI=1S/C17H25ClN2O3.ClH/c1-4-23-14-9-17(19,16(14,2)3)15(22)20-10-13(21)11-5-7-12(18)8-6-11;/h5-8,13-14,21H,4,9-10,19H2,1-3H3,(H,20,22);1H. The fourth-order valence-electron chi connectivity index (χ4n) is 2.97. The van der Waals surface area contributed by atoms with Gasteiger partial charge in [-0.3, -0.25) is 4.79 Å². The maximum atomic E-state index is 12.5. The lowest BCUT2D eigenvalue weighted by atomic mass is 9.54. The number of carbonyl (C=O) groups is 1. The third-order valence-electron chi connectivity index (χ3n) is 4.95. The van der Waals surface area contributed by atoms with Crippen LogP contribution in [0.4, 0.5) is 0 Å². The highest BCUT2D eigenvalue weighted by Gasteiger charge is 2.62. The quantitative estimate of drug-likeness (QED) is 0.711. The van der Waals surface area contributed by atoms with E-state index in [2.05, 4.69) is 5.32 Å². The summed E-state index contributed by atoms with van der Waals surface area (Å²) in [5.74, 6) is -0.258. The molecule has 0 heterocycles. The van der Waals surface area contributed by atoms with Gasteiger partial charge in [0, 0.05) is 30.0 Å². The molecule has 0 saturated heterocycles. The van der Waals surface area contributed by atoms with E-state index in [1.165, 1.54) is 0 Å². The van der Waals surface area contributed by atoms with Crippen LogP contribution in [0.3, 0.4) is 0 Å². The van der Waals surface area contributed by atoms with Gasteiger partial charge in [0.05, 0.1) is 12.2 Å². The first-order valence-electron chi connectivity index (χ1n) is 7.84. The summed E-state index contributed by atoms with van der Waals surface area (Å²) in [6.45, 7) is 6.50. The van der Waals surface area contributed by atoms with Crippen molar-refractivity contribution in [1.82, 2.24) is 5.32 Å². The van der Waals surface area contributed by atoms with Crippen molar-refractivity contribution in [2.75, 3.05) is 13.2 Å². The van der Waals surface area contributed by atoms with Gasteiger partial charge in [0.25, 0.3) is 0 Å². The molecule has 4 N–H and O–H groups in total. The van der Waals surface area contributed by atoms with E-state index in [1.807, 2.05) is 20.8 Å². The van der Waals surface area contributed by atoms with Gasteiger partial charge in [-0.15, -0.1) is 12.4 Å². The highest BCUT2D eigenvalue weighted by Crippen LogP contribution is 2.49. The lowest BCUT2D eigenvalue weighted by Crippen LogP contribution is -2.75. The van der Waals surface area contributed by atoms with Crippen molar-refractivity contribution in [3.8, 4) is 0 Å². The summed E-state index contributed by atoms with van der Waals surface area (Å²) in [4.78, 5) is 12.5. The van der Waals surface area contributed by atoms with E-state index in [0.717, 1.165) is 0 Å². The van der Waals surface area contributed by atoms with Crippen LogP contribution in [0.15, 0.2) is 24.3 Å². The van der Waals surface area contributed by atoms with Gasteiger partial charge in [0.15, 0.2) is 0 Å². The van der Waals surface area contributed by atoms with Crippen LogP contribution in [-0.2, 0) is 9.53 Å². The number of hydrogen-bond donors (Lipinski definition) is 3. The van der Waals surface area contributed by atoms with Crippen molar-refractivity contribution in [3.05, 3.63) is 34.9 Å². The molecule has 1 fully saturated rings. The first-order chi connectivity index (χ1) is 10.7. The molecule has 3 unspecified atom stereocenters. The summed E-state index contributed by atoms with van der Waals surface area (Å²) in [6, 6.07) is 6.87. The Bertz CT molecular complexity index is 565. The van der Waals surface area contributed by atoms with Gasteiger partial charge < -0.3 is 20.9 Å². The summed E-state index contributed by atoms with van der Waals surface area (Å²) in [5.41, 5.74) is 5.57. The molecule has 5 nitrogen and oxygen atoms in total. The van der Waals surface area contributed by atoms with Crippen LogP contribution >= 0.6 is 24.0 Å². The van der Waals surface area contributed by atoms with Crippen LogP contribution in [0, 0.1) is 5.41 Å². The van der Waals surface area contributed by atoms with Crippen molar-refractivity contribution in [3.63, 3.8) is 0 Å². The Kier molecular flexibility index (Phi) is 7.08. The molecule has 0 spiro atoms. The number of benzene rings is 1. The van der Waals surface area contributed by atoms with Gasteiger partial charge >= 0.3 is 0 Å². The number of nitrogens with one attached hydrogen (secondary N) is 1. The fourth-order valence-corrected chi connectivity index (χ4v) is 3.10. The second-order valence-corrected chi connectivity index (χ2v) is 7.05. The first kappa shape index (κ1) is 21.2. The van der Waals surface area contributed by atoms with Gasteiger partial charge in [0.1, 0.15) is 5.54 Å². The summed E-state index contributed by atoms with van der Waals surface area (Å²) >= 11 is 5.82. The van der Waals surface area contributed by atoms with E-state index >= 15 is 0 Å². The Morgan fingerprint density at radius 1 is 1.46 bits per heavy atom. The average Bonchev–Trinajstić information content (AvgIpc) is 2.52. The molecule has 0 radical (unpaired) electrons. The van der Waals surface area contributed by atoms with E-state index in [4.69, 9.17) is 22.1 Å². The fraction of sp³-hybridized carbons (Fsp3) is 0.588. The van der Waals surface area contributed by atoms with Gasteiger partial charge in [0.2, 0.25) is 5.91 Å². The van der Waals surface area contributed by atoms with E-state index in [0.29, 0.717) is 23.6 Å². The number of rotatable bonds is 6. The Labute approximate surface area is 154 Å². The van der Waals surface area contributed by atoms with Crippen LogP contribution in [0.1, 0.15) is 38.9 Å². The minimum atomic E-state index is -0.980. The van der Waals surface area contributed by atoms with Crippen LogP contribution in [0.25, 0.3) is 0 Å². The molecule has 1 saturated carbocycles.